The van der Waals surface area contributed by atoms with Crippen molar-refractivity contribution in [2.75, 3.05) is 39.3 Å². The number of para-hydroxylation sites is 2. The molecule has 7 rings (SSSR count). The first-order chi connectivity index (χ1) is 31.5. The minimum atomic E-state index is -3.78. The highest BCUT2D eigenvalue weighted by atomic mass is 32.2. The number of ether oxygens (including phenoxy) is 2. The lowest BCUT2D eigenvalue weighted by Crippen LogP contribution is -2.52. The van der Waals surface area contributed by atoms with Crippen LogP contribution < -0.4 is 11.1 Å². The molecule has 0 spiro atoms. The van der Waals surface area contributed by atoms with Crippen molar-refractivity contribution in [3.8, 4) is 0 Å². The first-order valence-corrected chi connectivity index (χ1v) is 23.4. The highest BCUT2D eigenvalue weighted by Gasteiger charge is 2.45. The van der Waals surface area contributed by atoms with E-state index in [1.807, 2.05) is 48.5 Å². The predicted octanol–water partition coefficient (Wildman–Crippen LogP) is 5.76. The molecule has 0 radical (unpaired) electrons. The second-order valence-corrected chi connectivity index (χ2v) is 18.2. The Morgan fingerprint density at radius 1 is 0.800 bits per heavy atom. The third-order valence-electron chi connectivity index (χ3n) is 11.8. The number of hydrogen-bond donors (Lipinski definition) is 2. The smallest absolute Gasteiger partial charge is 0.410 e. The number of amides is 3. The summed E-state index contributed by atoms with van der Waals surface area (Å²) < 4.78 is 45.2. The number of Topliss-reactive ketones (excluding diaryl/α,β-unsaturated/α-hetero) is 2. The predicted molar refractivity (Wildman–Crippen MR) is 240 cm³/mol. The van der Waals surface area contributed by atoms with Gasteiger partial charge in [-0.2, -0.15) is 4.31 Å². The molecule has 17 heteroatoms. The highest BCUT2D eigenvalue weighted by molar-refractivity contribution is 7.89. The van der Waals surface area contributed by atoms with Gasteiger partial charge in [0.25, 0.3) is 5.89 Å². The fourth-order valence-corrected chi connectivity index (χ4v) is 9.66. The lowest BCUT2D eigenvalue weighted by Gasteiger charge is -2.34. The SMILES string of the molecule is NCCCC[C@H](CC(=O)[C@@H]1C[C@@H](OC(=O)N2CCN(S(=O)(=O)c3ccccc3)CC2)CN1C(=O)[C@@H](CCc1ccccc1)NC(=O)OCc1ccccc1)C(=O)c1nc2ccccc2o1. The van der Waals surface area contributed by atoms with E-state index in [1.165, 1.54) is 26.2 Å². The highest BCUT2D eigenvalue weighted by Crippen LogP contribution is 2.29. The molecule has 342 valence electrons. The summed E-state index contributed by atoms with van der Waals surface area (Å²) in [6.45, 7) is 0.362. The maximum atomic E-state index is 14.8. The van der Waals surface area contributed by atoms with Crippen molar-refractivity contribution in [2.24, 2.45) is 11.7 Å². The molecule has 2 aliphatic heterocycles. The van der Waals surface area contributed by atoms with Crippen LogP contribution in [0.25, 0.3) is 11.1 Å². The molecule has 0 aliphatic carbocycles. The Morgan fingerprint density at radius 3 is 2.12 bits per heavy atom. The lowest BCUT2D eigenvalue weighted by molar-refractivity contribution is -0.139. The van der Waals surface area contributed by atoms with Gasteiger partial charge in [0.05, 0.1) is 17.5 Å². The molecule has 0 unspecified atom stereocenters. The zero-order chi connectivity index (χ0) is 45.8. The van der Waals surface area contributed by atoms with Gasteiger partial charge < -0.3 is 34.7 Å². The average Bonchev–Trinajstić information content (AvgIpc) is 3.97. The van der Waals surface area contributed by atoms with Gasteiger partial charge in [0.2, 0.25) is 21.7 Å². The van der Waals surface area contributed by atoms with Crippen molar-refractivity contribution in [1.82, 2.24) is 24.4 Å². The summed E-state index contributed by atoms with van der Waals surface area (Å²) in [6.07, 6.45) is -0.831. The first-order valence-electron chi connectivity index (χ1n) is 21.9. The van der Waals surface area contributed by atoms with Crippen molar-refractivity contribution >= 4 is 50.8 Å². The van der Waals surface area contributed by atoms with E-state index in [-0.39, 0.29) is 69.4 Å². The number of carbonyl (C=O) groups is 5. The second kappa shape index (κ2) is 22.0. The fraction of sp³-hybridized carbons (Fsp3) is 0.375. The zero-order valence-electron chi connectivity index (χ0n) is 36.0. The van der Waals surface area contributed by atoms with E-state index in [4.69, 9.17) is 19.6 Å². The van der Waals surface area contributed by atoms with E-state index in [2.05, 4.69) is 10.3 Å². The summed E-state index contributed by atoms with van der Waals surface area (Å²) in [6, 6.07) is 31.2. The number of sulfonamides is 1. The number of rotatable bonds is 19. The number of nitrogens with zero attached hydrogens (tertiary/aromatic N) is 4. The van der Waals surface area contributed by atoms with Crippen LogP contribution in [0.5, 0.6) is 0 Å². The van der Waals surface area contributed by atoms with Crippen LogP contribution in [0.4, 0.5) is 9.59 Å². The maximum Gasteiger partial charge on any atom is 0.410 e. The number of benzene rings is 4. The van der Waals surface area contributed by atoms with Crippen LogP contribution in [-0.2, 0) is 42.1 Å². The standard InChI is InChI=1S/C48H54N6O10S/c49-25-13-12-18-36(44(56)45-50-39-21-10-11-22-43(39)64-45)30-42(55)41-31-37(63-48(59)52-26-28-53(29-27-52)65(60,61)38-19-8-3-9-20-38)32-54(41)46(57)40(24-23-34-14-4-1-5-15-34)51-47(58)62-33-35-16-6-2-7-17-35/h1-11,14-17,19-22,36-37,40-41H,12-13,18,23-33,49H2,(H,51,58)/t36-,37-,40-,41+/m1/s1. The summed E-state index contributed by atoms with van der Waals surface area (Å²) >= 11 is 0. The number of oxazole rings is 1. The van der Waals surface area contributed by atoms with Crippen molar-refractivity contribution in [2.45, 2.75) is 74.6 Å². The molecule has 65 heavy (non-hydrogen) atoms. The molecule has 2 aliphatic rings. The van der Waals surface area contributed by atoms with Crippen LogP contribution in [-0.4, -0.2) is 115 Å². The van der Waals surface area contributed by atoms with Gasteiger partial charge in [-0.25, -0.2) is 23.0 Å². The number of aryl methyl sites for hydroxylation is 1. The molecule has 2 saturated heterocycles. The molecule has 3 N–H and O–H groups in total. The molecule has 5 aromatic rings. The van der Waals surface area contributed by atoms with Gasteiger partial charge in [0.1, 0.15) is 24.3 Å². The van der Waals surface area contributed by atoms with Crippen molar-refractivity contribution < 1.29 is 46.3 Å². The number of nitrogens with one attached hydrogen (secondary N) is 1. The number of carbonyl (C=O) groups excluding carboxylic acids is 5. The largest absolute Gasteiger partial charge is 0.445 e. The second-order valence-electron chi connectivity index (χ2n) is 16.2. The minimum absolute atomic E-state index is 0.0392. The number of aromatic nitrogens is 1. The Kier molecular flexibility index (Phi) is 15.7. The summed E-state index contributed by atoms with van der Waals surface area (Å²) in [5.41, 5.74) is 8.38. The Morgan fingerprint density at radius 2 is 1.45 bits per heavy atom. The summed E-state index contributed by atoms with van der Waals surface area (Å²) in [7, 11) is -3.78. The van der Waals surface area contributed by atoms with Crippen LogP contribution in [0, 0.1) is 5.92 Å². The van der Waals surface area contributed by atoms with Gasteiger partial charge in [-0.05, 0) is 67.6 Å². The van der Waals surface area contributed by atoms with Gasteiger partial charge in [-0.15, -0.1) is 0 Å². The maximum absolute atomic E-state index is 14.8. The van der Waals surface area contributed by atoms with E-state index in [9.17, 15) is 32.4 Å². The summed E-state index contributed by atoms with van der Waals surface area (Å²) in [4.78, 5) is 77.8. The van der Waals surface area contributed by atoms with E-state index in [1.54, 1.807) is 54.6 Å². The summed E-state index contributed by atoms with van der Waals surface area (Å²) in [5, 5.41) is 2.74. The minimum Gasteiger partial charge on any atom is -0.445 e. The molecule has 2 fully saturated rings. The number of nitrogens with two attached hydrogens (primary N) is 1. The molecule has 1 aromatic heterocycles. The van der Waals surface area contributed by atoms with E-state index < -0.39 is 63.8 Å². The topological polar surface area (TPSA) is 212 Å². The zero-order valence-corrected chi connectivity index (χ0v) is 36.9. The Hall–Kier alpha value is -6.43. The summed E-state index contributed by atoms with van der Waals surface area (Å²) in [5.74, 6) is -2.46. The lowest BCUT2D eigenvalue weighted by atomic mass is 9.89. The fourth-order valence-electron chi connectivity index (χ4n) is 8.21. The van der Waals surface area contributed by atoms with Crippen LogP contribution in [0.15, 0.2) is 125 Å². The number of likely N-dealkylation sites (tertiary alicyclic amines) is 1. The van der Waals surface area contributed by atoms with Gasteiger partial charge >= 0.3 is 12.2 Å². The molecule has 0 saturated carbocycles. The number of unbranched alkanes of at least 4 members (excludes halogenated alkanes) is 1. The van der Waals surface area contributed by atoms with E-state index in [0.29, 0.717) is 43.3 Å². The molecule has 4 aromatic carbocycles. The van der Waals surface area contributed by atoms with E-state index >= 15 is 0 Å². The number of alkyl carbamates (subject to hydrolysis) is 1. The van der Waals surface area contributed by atoms with Crippen molar-refractivity contribution in [1.29, 1.82) is 0 Å². The molecular formula is C48H54N6O10S. The van der Waals surface area contributed by atoms with Crippen molar-refractivity contribution in [3.63, 3.8) is 0 Å². The number of piperazine rings is 1. The monoisotopic (exact) mass is 906 g/mol. The Labute approximate surface area is 378 Å². The molecule has 16 nitrogen and oxygen atoms in total. The van der Waals surface area contributed by atoms with Crippen LogP contribution in [0.1, 0.15) is 60.3 Å². The molecule has 3 amide bonds. The van der Waals surface area contributed by atoms with Crippen LogP contribution >= 0.6 is 0 Å². The normalized spacial score (nSPS) is 17.6. The Bertz CT molecular complexity index is 2480. The van der Waals surface area contributed by atoms with Gasteiger partial charge in [-0.1, -0.05) is 97.4 Å². The van der Waals surface area contributed by atoms with Gasteiger partial charge in [-0.3, -0.25) is 14.4 Å². The number of hydrogen-bond acceptors (Lipinski definition) is 12. The van der Waals surface area contributed by atoms with Crippen LogP contribution in [0.3, 0.4) is 0 Å². The van der Waals surface area contributed by atoms with Crippen LogP contribution in [0.2, 0.25) is 0 Å². The van der Waals surface area contributed by atoms with Gasteiger partial charge in [0, 0.05) is 44.9 Å². The number of fused-ring (bicyclic) bond motifs is 1. The average molecular weight is 907 g/mol. The Balaban J connectivity index is 1.10. The molecule has 3 heterocycles. The van der Waals surface area contributed by atoms with Crippen molar-refractivity contribution in [3.05, 3.63) is 132 Å². The molecular weight excluding hydrogens is 853 g/mol. The van der Waals surface area contributed by atoms with Gasteiger partial charge in [0.15, 0.2) is 11.4 Å². The first kappa shape index (κ1) is 46.6. The third-order valence-corrected chi connectivity index (χ3v) is 13.7. The molecule has 0 bridgehead atoms. The third kappa shape index (κ3) is 12.0. The van der Waals surface area contributed by atoms with E-state index in [0.717, 1.165) is 11.1 Å². The molecule has 4 atom stereocenters. The quantitative estimate of drug-likeness (QED) is 0.0749. The number of ketones is 2.